The summed E-state index contributed by atoms with van der Waals surface area (Å²) in [6.07, 6.45) is 3.37. The lowest BCUT2D eigenvalue weighted by Gasteiger charge is -2.37. The van der Waals surface area contributed by atoms with Crippen LogP contribution in [-0.4, -0.2) is 61.7 Å². The molecule has 1 saturated heterocycles. The zero-order valence-electron chi connectivity index (χ0n) is 18.4. The van der Waals surface area contributed by atoms with Crippen molar-refractivity contribution in [1.82, 2.24) is 19.9 Å². The lowest BCUT2D eigenvalue weighted by Crippen LogP contribution is -2.61. The van der Waals surface area contributed by atoms with E-state index in [0.717, 1.165) is 18.7 Å². The number of pyridine rings is 1. The standard InChI is InChI=1S/C22H20FN7O5/c1-22(33,21(32)26-12-10-14(23)17-15(11-12)35-28-19(17)24)18-20(31)29(8-9-34-18)16-4-7-30(27-16)13-2-5-25-6-3-13/h2-7,10-11,18,33H,8-9H2,1H3,(H2,24,28)(H,26,32)/t18-,22?/m0/s1. The molecule has 1 aromatic carbocycles. The smallest absolute Gasteiger partial charge is 0.260 e. The monoisotopic (exact) mass is 481 g/mol. The number of nitrogens with zero attached hydrogens (tertiary/aromatic N) is 5. The van der Waals surface area contributed by atoms with Crippen LogP contribution in [0.4, 0.5) is 21.7 Å². The molecule has 3 aromatic heterocycles. The number of carbonyl (C=O) groups excluding carboxylic acids is 2. The van der Waals surface area contributed by atoms with Gasteiger partial charge in [-0.3, -0.25) is 19.5 Å². The maximum Gasteiger partial charge on any atom is 0.260 e. The van der Waals surface area contributed by atoms with Gasteiger partial charge in [0.1, 0.15) is 11.2 Å². The summed E-state index contributed by atoms with van der Waals surface area (Å²) >= 11 is 0. The van der Waals surface area contributed by atoms with Gasteiger partial charge in [0, 0.05) is 36.4 Å². The number of rotatable bonds is 5. The normalized spacial score (nSPS) is 18.0. The molecule has 12 nitrogen and oxygen atoms in total. The fourth-order valence-corrected chi connectivity index (χ4v) is 3.81. The summed E-state index contributed by atoms with van der Waals surface area (Å²) in [7, 11) is 0. The molecule has 2 amide bonds. The van der Waals surface area contributed by atoms with E-state index in [4.69, 9.17) is 15.0 Å². The number of halogens is 1. The van der Waals surface area contributed by atoms with E-state index >= 15 is 0 Å². The fraction of sp³-hybridized carbons (Fsp3) is 0.227. The highest BCUT2D eigenvalue weighted by Gasteiger charge is 2.49. The molecule has 0 saturated carbocycles. The van der Waals surface area contributed by atoms with E-state index in [2.05, 4.69) is 20.6 Å². The second kappa shape index (κ2) is 8.45. The zero-order chi connectivity index (χ0) is 24.7. The highest BCUT2D eigenvalue weighted by Crippen LogP contribution is 2.29. The number of carbonyl (C=O) groups is 2. The molecule has 0 aliphatic carbocycles. The highest BCUT2D eigenvalue weighted by atomic mass is 19.1. The SMILES string of the molecule is CC(O)(C(=O)Nc1cc(F)c2c(N)noc2c1)[C@H]1OCCN(c2ccn(-c3ccncc3)n2)C1=O. The largest absolute Gasteiger partial charge is 0.380 e. The molecule has 35 heavy (non-hydrogen) atoms. The zero-order valence-corrected chi connectivity index (χ0v) is 18.4. The van der Waals surface area contributed by atoms with Crippen molar-refractivity contribution in [2.45, 2.75) is 18.6 Å². The minimum atomic E-state index is -2.30. The lowest BCUT2D eigenvalue weighted by atomic mass is 9.95. The van der Waals surface area contributed by atoms with Crippen molar-refractivity contribution in [3.05, 3.63) is 54.7 Å². The second-order valence-corrected chi connectivity index (χ2v) is 8.07. The number of nitrogens with two attached hydrogens (primary N) is 1. The maximum atomic E-state index is 14.4. The number of fused-ring (bicyclic) bond motifs is 1. The van der Waals surface area contributed by atoms with Crippen LogP contribution in [0.15, 0.2) is 53.4 Å². The molecule has 1 aliphatic rings. The Balaban J connectivity index is 1.35. The molecule has 5 rings (SSSR count). The highest BCUT2D eigenvalue weighted by molar-refractivity contribution is 6.06. The first-order valence-electron chi connectivity index (χ1n) is 10.5. The van der Waals surface area contributed by atoms with Gasteiger partial charge in [-0.25, -0.2) is 9.07 Å². The first kappa shape index (κ1) is 22.4. The molecule has 4 aromatic rings. The molecule has 0 radical (unpaired) electrons. The lowest BCUT2D eigenvalue weighted by molar-refractivity contribution is -0.165. The van der Waals surface area contributed by atoms with Crippen LogP contribution in [0.25, 0.3) is 16.7 Å². The summed E-state index contributed by atoms with van der Waals surface area (Å²) in [4.78, 5) is 31.4. The minimum Gasteiger partial charge on any atom is -0.380 e. The third kappa shape index (κ3) is 3.96. The Hall–Kier alpha value is -4.36. The number of benzene rings is 1. The van der Waals surface area contributed by atoms with Gasteiger partial charge in [-0.15, -0.1) is 5.10 Å². The number of hydrogen-bond donors (Lipinski definition) is 3. The number of aromatic nitrogens is 4. The van der Waals surface area contributed by atoms with Crippen LogP contribution in [0, 0.1) is 5.82 Å². The summed E-state index contributed by atoms with van der Waals surface area (Å²) in [5, 5.41) is 21.3. The number of nitrogens with one attached hydrogen (secondary N) is 1. The predicted octanol–water partition coefficient (Wildman–Crippen LogP) is 1.25. The molecule has 0 bridgehead atoms. The number of nitrogen functional groups attached to an aromatic ring is 1. The summed E-state index contributed by atoms with van der Waals surface area (Å²) in [5.41, 5.74) is 4.00. The molecule has 4 N–H and O–H groups in total. The number of anilines is 3. The van der Waals surface area contributed by atoms with Gasteiger partial charge >= 0.3 is 0 Å². The molecule has 1 unspecified atom stereocenters. The number of hydrogen-bond acceptors (Lipinski definition) is 9. The average molecular weight is 481 g/mol. The first-order chi connectivity index (χ1) is 16.8. The minimum absolute atomic E-state index is 0.0124. The van der Waals surface area contributed by atoms with E-state index in [-0.39, 0.29) is 35.6 Å². The Morgan fingerprint density at radius 1 is 1.31 bits per heavy atom. The quantitative estimate of drug-likeness (QED) is 0.381. The Morgan fingerprint density at radius 3 is 2.86 bits per heavy atom. The van der Waals surface area contributed by atoms with Crippen molar-refractivity contribution in [1.29, 1.82) is 0 Å². The molecule has 1 aliphatic heterocycles. The Kier molecular flexibility index (Phi) is 5.42. The van der Waals surface area contributed by atoms with Gasteiger partial charge in [0.05, 0.1) is 18.8 Å². The van der Waals surface area contributed by atoms with Crippen molar-refractivity contribution in [2.24, 2.45) is 0 Å². The van der Waals surface area contributed by atoms with Crippen LogP contribution in [-0.2, 0) is 14.3 Å². The maximum absolute atomic E-state index is 14.4. The van der Waals surface area contributed by atoms with Gasteiger partial charge in [0.2, 0.25) is 0 Å². The van der Waals surface area contributed by atoms with Crippen molar-refractivity contribution in [3.63, 3.8) is 0 Å². The van der Waals surface area contributed by atoms with Gasteiger partial charge < -0.3 is 25.4 Å². The van der Waals surface area contributed by atoms with E-state index in [0.29, 0.717) is 5.82 Å². The van der Waals surface area contributed by atoms with Crippen LogP contribution >= 0.6 is 0 Å². The van der Waals surface area contributed by atoms with Gasteiger partial charge in [0.15, 0.2) is 28.9 Å². The Labute approximate surface area is 197 Å². The molecule has 1 fully saturated rings. The van der Waals surface area contributed by atoms with Gasteiger partial charge in [-0.1, -0.05) is 5.16 Å². The van der Waals surface area contributed by atoms with E-state index in [9.17, 15) is 19.1 Å². The van der Waals surface area contributed by atoms with Crippen molar-refractivity contribution < 1.29 is 28.3 Å². The van der Waals surface area contributed by atoms with Crippen molar-refractivity contribution in [3.8, 4) is 5.69 Å². The first-order valence-corrected chi connectivity index (χ1v) is 10.5. The van der Waals surface area contributed by atoms with Crippen molar-refractivity contribution >= 4 is 40.1 Å². The summed E-state index contributed by atoms with van der Waals surface area (Å²) in [6.45, 7) is 1.38. The molecule has 2 atom stereocenters. The van der Waals surface area contributed by atoms with Crippen LogP contribution in [0.3, 0.4) is 0 Å². The number of morpholine rings is 1. The molecular weight excluding hydrogens is 461 g/mol. The molecule has 180 valence electrons. The summed E-state index contributed by atoms with van der Waals surface area (Å²) < 4.78 is 26.4. The van der Waals surface area contributed by atoms with Gasteiger partial charge in [-0.2, -0.15) is 0 Å². The molecule has 13 heteroatoms. The van der Waals surface area contributed by atoms with E-state index in [1.54, 1.807) is 41.5 Å². The average Bonchev–Trinajstić information content (AvgIpc) is 3.47. The summed E-state index contributed by atoms with van der Waals surface area (Å²) in [6, 6.07) is 7.45. The van der Waals surface area contributed by atoms with E-state index in [1.807, 2.05) is 0 Å². The van der Waals surface area contributed by atoms with Gasteiger partial charge in [0.25, 0.3) is 11.8 Å². The Morgan fingerprint density at radius 2 is 2.09 bits per heavy atom. The third-order valence-corrected chi connectivity index (χ3v) is 5.65. The van der Waals surface area contributed by atoms with E-state index < -0.39 is 29.3 Å². The fourth-order valence-electron chi connectivity index (χ4n) is 3.81. The van der Waals surface area contributed by atoms with Crippen LogP contribution in [0.2, 0.25) is 0 Å². The van der Waals surface area contributed by atoms with Crippen LogP contribution < -0.4 is 16.0 Å². The third-order valence-electron chi connectivity index (χ3n) is 5.65. The molecule has 0 spiro atoms. The number of amides is 2. The van der Waals surface area contributed by atoms with Gasteiger partial charge in [-0.05, 0) is 25.1 Å². The number of aliphatic hydroxyl groups is 1. The molecule has 4 heterocycles. The Bertz CT molecular complexity index is 1420. The predicted molar refractivity (Wildman–Crippen MR) is 121 cm³/mol. The topological polar surface area (TPSA) is 162 Å². The van der Waals surface area contributed by atoms with Crippen LogP contribution in [0.5, 0.6) is 0 Å². The van der Waals surface area contributed by atoms with Crippen LogP contribution in [0.1, 0.15) is 6.92 Å². The second-order valence-electron chi connectivity index (χ2n) is 8.07. The van der Waals surface area contributed by atoms with E-state index in [1.165, 1.54) is 11.0 Å². The number of ether oxygens (including phenoxy) is 1. The summed E-state index contributed by atoms with van der Waals surface area (Å²) in [5.74, 6) is -2.20. The molecular formula is C22H20FN7O5. The van der Waals surface area contributed by atoms with Crippen molar-refractivity contribution in [2.75, 3.05) is 29.1 Å².